The standard InChI is InChI=1S/C24H37NO2/c1-14-7-12-19(26)25-21-20-16(9-8-15-6-4-5-13-23(15,20)2)18-11-10-17(14)24(18,3)22(21)27/h14-18,20-21H,4-13H2,1-3H3,(H,25,26)/t14-,15-,16-,17+,18-,20+,21+,23+,24+/m1/s1. The minimum Gasteiger partial charge on any atom is -0.346 e. The maximum Gasteiger partial charge on any atom is 0.220 e. The molecule has 9 atom stereocenters. The second kappa shape index (κ2) is 6.07. The van der Waals surface area contributed by atoms with Gasteiger partial charge in [0.05, 0.1) is 6.04 Å². The largest absolute Gasteiger partial charge is 0.346 e. The molecule has 0 spiro atoms. The van der Waals surface area contributed by atoms with Crippen molar-refractivity contribution in [1.29, 1.82) is 0 Å². The molecule has 1 heterocycles. The number of rotatable bonds is 0. The molecule has 3 nitrogen and oxygen atoms in total. The number of hydrogen-bond acceptors (Lipinski definition) is 2. The van der Waals surface area contributed by atoms with E-state index < -0.39 is 0 Å². The number of hydrogen-bond donors (Lipinski definition) is 1. The Labute approximate surface area is 164 Å². The summed E-state index contributed by atoms with van der Waals surface area (Å²) in [6, 6.07) is -0.222. The summed E-state index contributed by atoms with van der Waals surface area (Å²) in [5.41, 5.74) is 0.0363. The van der Waals surface area contributed by atoms with E-state index in [1.807, 2.05) is 0 Å². The summed E-state index contributed by atoms with van der Waals surface area (Å²) in [5.74, 6) is 3.80. The molecule has 0 radical (unpaired) electrons. The highest BCUT2D eigenvalue weighted by molar-refractivity contribution is 5.95. The third-order valence-electron chi connectivity index (χ3n) is 10.4. The van der Waals surface area contributed by atoms with Crippen molar-refractivity contribution in [3.63, 3.8) is 0 Å². The smallest absolute Gasteiger partial charge is 0.220 e. The van der Waals surface area contributed by atoms with E-state index in [4.69, 9.17) is 0 Å². The molecule has 0 aromatic carbocycles. The lowest BCUT2D eigenvalue weighted by Crippen LogP contribution is -2.67. The predicted molar refractivity (Wildman–Crippen MR) is 106 cm³/mol. The van der Waals surface area contributed by atoms with E-state index in [0.29, 0.717) is 41.8 Å². The first-order chi connectivity index (χ1) is 12.9. The molecule has 4 saturated carbocycles. The Morgan fingerprint density at radius 2 is 1.70 bits per heavy atom. The van der Waals surface area contributed by atoms with Crippen LogP contribution in [0, 0.1) is 46.3 Å². The first-order valence-corrected chi connectivity index (χ1v) is 11.7. The summed E-state index contributed by atoms with van der Waals surface area (Å²) in [7, 11) is 0. The van der Waals surface area contributed by atoms with Crippen LogP contribution in [0.1, 0.15) is 85.0 Å². The number of fused-ring (bicyclic) bond motifs is 6. The highest BCUT2D eigenvalue weighted by Crippen LogP contribution is 2.67. The van der Waals surface area contributed by atoms with Crippen molar-refractivity contribution in [2.24, 2.45) is 46.3 Å². The van der Waals surface area contributed by atoms with Crippen LogP contribution in [0.25, 0.3) is 0 Å². The minimum atomic E-state index is -0.222. The van der Waals surface area contributed by atoms with Gasteiger partial charge >= 0.3 is 0 Å². The van der Waals surface area contributed by atoms with Crippen LogP contribution in [0.5, 0.6) is 0 Å². The summed E-state index contributed by atoms with van der Waals surface area (Å²) < 4.78 is 0. The van der Waals surface area contributed by atoms with Gasteiger partial charge in [0.25, 0.3) is 0 Å². The van der Waals surface area contributed by atoms with Crippen molar-refractivity contribution in [1.82, 2.24) is 5.32 Å². The Bertz CT molecular complexity index is 659. The summed E-state index contributed by atoms with van der Waals surface area (Å²) in [4.78, 5) is 26.8. The molecule has 4 aliphatic carbocycles. The van der Waals surface area contributed by atoms with Crippen LogP contribution in [-0.2, 0) is 9.59 Å². The van der Waals surface area contributed by atoms with Crippen LogP contribution >= 0.6 is 0 Å². The molecule has 5 aliphatic rings. The fourth-order valence-electron chi connectivity index (χ4n) is 9.08. The Kier molecular flexibility index (Phi) is 4.09. The molecular weight excluding hydrogens is 334 g/mol. The quantitative estimate of drug-likeness (QED) is 0.668. The maximum absolute atomic E-state index is 14.1. The lowest BCUT2D eigenvalue weighted by molar-refractivity contribution is -0.165. The molecule has 27 heavy (non-hydrogen) atoms. The van der Waals surface area contributed by atoms with Crippen molar-refractivity contribution in [3.05, 3.63) is 0 Å². The normalized spacial score (nSPS) is 54.9. The Morgan fingerprint density at radius 3 is 2.52 bits per heavy atom. The highest BCUT2D eigenvalue weighted by Gasteiger charge is 2.67. The van der Waals surface area contributed by atoms with Gasteiger partial charge in [0.15, 0.2) is 5.78 Å². The second-order valence-electron chi connectivity index (χ2n) is 11.2. The van der Waals surface area contributed by atoms with Crippen LogP contribution in [0.15, 0.2) is 0 Å². The van der Waals surface area contributed by atoms with Crippen LogP contribution < -0.4 is 5.32 Å². The topological polar surface area (TPSA) is 46.2 Å². The van der Waals surface area contributed by atoms with Gasteiger partial charge in [-0.1, -0.05) is 33.6 Å². The SMILES string of the molecule is C[C@@H]1CCC(=O)N[C@@H]2C(=O)[C@]3(C)[C@H](CC[C@@H]13)[C@H]1CC[C@H]3CCCC[C@]3(C)[C@@H]12. The van der Waals surface area contributed by atoms with Gasteiger partial charge in [-0.15, -0.1) is 0 Å². The summed E-state index contributed by atoms with van der Waals surface area (Å²) in [5, 5.41) is 3.32. The van der Waals surface area contributed by atoms with Gasteiger partial charge in [-0.05, 0) is 85.9 Å². The van der Waals surface area contributed by atoms with Gasteiger partial charge in [0.2, 0.25) is 5.91 Å². The number of ketones is 1. The van der Waals surface area contributed by atoms with Crippen LogP contribution in [0.2, 0.25) is 0 Å². The molecule has 0 aromatic rings. The number of Topliss-reactive ketones (excluding diaryl/α,β-unsaturated/α-hetero) is 1. The number of carbonyl (C=O) groups is 2. The fourth-order valence-corrected chi connectivity index (χ4v) is 9.08. The highest BCUT2D eigenvalue weighted by atomic mass is 16.2. The van der Waals surface area contributed by atoms with Gasteiger partial charge in [0.1, 0.15) is 0 Å². The van der Waals surface area contributed by atoms with Gasteiger partial charge < -0.3 is 5.32 Å². The van der Waals surface area contributed by atoms with Crippen molar-refractivity contribution in [3.8, 4) is 0 Å². The predicted octanol–water partition coefficient (Wildman–Crippen LogP) is 4.74. The molecule has 1 saturated heterocycles. The van der Waals surface area contributed by atoms with E-state index >= 15 is 0 Å². The molecule has 5 rings (SSSR count). The molecule has 1 N–H and O–H groups in total. The summed E-state index contributed by atoms with van der Waals surface area (Å²) in [6.07, 6.45) is 11.8. The maximum atomic E-state index is 14.1. The molecule has 1 amide bonds. The average molecular weight is 372 g/mol. The zero-order valence-corrected chi connectivity index (χ0v) is 17.4. The van der Waals surface area contributed by atoms with Gasteiger partial charge in [0, 0.05) is 11.8 Å². The zero-order chi connectivity index (χ0) is 19.0. The summed E-state index contributed by atoms with van der Waals surface area (Å²) in [6.45, 7) is 7.08. The lowest BCUT2D eigenvalue weighted by Gasteiger charge is -2.62. The molecule has 1 aliphatic heterocycles. The fraction of sp³-hybridized carbons (Fsp3) is 0.917. The van der Waals surface area contributed by atoms with Crippen molar-refractivity contribution < 1.29 is 9.59 Å². The molecule has 5 fully saturated rings. The minimum absolute atomic E-state index is 0.127. The van der Waals surface area contributed by atoms with Gasteiger partial charge in [-0.2, -0.15) is 0 Å². The van der Waals surface area contributed by atoms with Crippen LogP contribution in [0.3, 0.4) is 0 Å². The van der Waals surface area contributed by atoms with E-state index in [2.05, 4.69) is 26.1 Å². The first-order valence-electron chi connectivity index (χ1n) is 11.7. The van der Waals surface area contributed by atoms with Crippen LogP contribution in [-0.4, -0.2) is 17.7 Å². The van der Waals surface area contributed by atoms with E-state index in [9.17, 15) is 9.59 Å². The molecule has 3 heteroatoms. The monoisotopic (exact) mass is 371 g/mol. The van der Waals surface area contributed by atoms with Crippen molar-refractivity contribution in [2.75, 3.05) is 0 Å². The number of carbonyl (C=O) groups excluding carboxylic acids is 2. The van der Waals surface area contributed by atoms with Crippen molar-refractivity contribution in [2.45, 2.75) is 91.0 Å². The van der Waals surface area contributed by atoms with E-state index in [0.717, 1.165) is 12.3 Å². The Hall–Kier alpha value is -0.860. The van der Waals surface area contributed by atoms with E-state index in [-0.39, 0.29) is 22.8 Å². The molecule has 0 aromatic heterocycles. The van der Waals surface area contributed by atoms with Gasteiger partial charge in [-0.3, -0.25) is 9.59 Å². The molecule has 2 bridgehead atoms. The zero-order valence-electron chi connectivity index (χ0n) is 17.4. The van der Waals surface area contributed by atoms with Gasteiger partial charge in [-0.25, -0.2) is 0 Å². The van der Waals surface area contributed by atoms with Crippen molar-refractivity contribution >= 4 is 11.7 Å². The third-order valence-corrected chi connectivity index (χ3v) is 10.4. The average Bonchev–Trinajstić information content (AvgIpc) is 3.00. The second-order valence-corrected chi connectivity index (χ2v) is 11.2. The first kappa shape index (κ1) is 18.2. The molecular formula is C24H37NO2. The van der Waals surface area contributed by atoms with Crippen LogP contribution in [0.4, 0.5) is 0 Å². The molecule has 150 valence electrons. The molecule has 0 unspecified atom stereocenters. The number of nitrogens with one attached hydrogen (secondary N) is 1. The van der Waals surface area contributed by atoms with E-state index in [1.54, 1.807) is 0 Å². The number of amides is 1. The summed E-state index contributed by atoms with van der Waals surface area (Å²) >= 11 is 0. The Balaban J connectivity index is 1.63. The lowest BCUT2D eigenvalue weighted by atomic mass is 9.43. The Morgan fingerprint density at radius 1 is 0.926 bits per heavy atom. The third kappa shape index (κ3) is 2.32. The van der Waals surface area contributed by atoms with E-state index in [1.165, 1.54) is 51.4 Å².